The molecule has 0 saturated heterocycles. The molecule has 4 nitrogen and oxygen atoms in total. The van der Waals surface area contributed by atoms with Gasteiger partial charge in [-0.15, -0.1) is 0 Å². The molecule has 1 amide bonds. The Kier molecular flexibility index (Phi) is 6.21. The third-order valence-electron chi connectivity index (χ3n) is 3.20. The molecule has 0 radical (unpaired) electrons. The summed E-state index contributed by atoms with van der Waals surface area (Å²) < 4.78 is 7.37. The lowest BCUT2D eigenvalue weighted by Crippen LogP contribution is -2.30. The van der Waals surface area contributed by atoms with Crippen molar-refractivity contribution < 1.29 is 14.6 Å². The zero-order chi connectivity index (χ0) is 17.0. The Morgan fingerprint density at radius 3 is 2.57 bits per heavy atom. The summed E-state index contributed by atoms with van der Waals surface area (Å²) >= 11 is 6.77. The van der Waals surface area contributed by atoms with Gasteiger partial charge in [0.25, 0.3) is 5.91 Å². The molecule has 0 spiro atoms. The van der Waals surface area contributed by atoms with Crippen molar-refractivity contribution in [3.05, 3.63) is 57.0 Å². The third kappa shape index (κ3) is 5.06. The lowest BCUT2D eigenvalue weighted by atomic mass is 10.1. The van der Waals surface area contributed by atoms with E-state index in [1.54, 1.807) is 44.2 Å². The van der Waals surface area contributed by atoms with Crippen molar-refractivity contribution >= 4 is 43.5 Å². The lowest BCUT2D eigenvalue weighted by molar-refractivity contribution is -0.122. The molecule has 0 aromatic heterocycles. The summed E-state index contributed by atoms with van der Waals surface area (Å²) in [5, 5.41) is 12.4. The fourth-order valence-electron chi connectivity index (χ4n) is 1.93. The fraction of sp³-hybridized carbons (Fsp3) is 0.235. The van der Waals surface area contributed by atoms with Crippen molar-refractivity contribution in [2.45, 2.75) is 26.1 Å². The maximum Gasteiger partial charge on any atom is 0.265 e. The summed E-state index contributed by atoms with van der Waals surface area (Å²) in [6, 6.07) is 12.6. The Morgan fingerprint density at radius 2 is 1.91 bits per heavy atom. The topological polar surface area (TPSA) is 58.6 Å². The number of nitrogens with one attached hydrogen (secondary N) is 1. The molecule has 0 aliphatic carbocycles. The normalized spacial score (nSPS) is 13.3. The maximum atomic E-state index is 12.3. The number of hydrogen-bond donors (Lipinski definition) is 2. The molecule has 0 bridgehead atoms. The van der Waals surface area contributed by atoms with Crippen LogP contribution in [0.25, 0.3) is 0 Å². The summed E-state index contributed by atoms with van der Waals surface area (Å²) in [7, 11) is 0. The number of hydrogen-bond acceptors (Lipinski definition) is 3. The van der Waals surface area contributed by atoms with Crippen molar-refractivity contribution in [2.75, 3.05) is 5.32 Å². The number of carbonyl (C=O) groups is 1. The van der Waals surface area contributed by atoms with Crippen LogP contribution in [0.3, 0.4) is 0 Å². The van der Waals surface area contributed by atoms with E-state index in [-0.39, 0.29) is 5.91 Å². The first-order valence-corrected chi connectivity index (χ1v) is 8.66. The zero-order valence-electron chi connectivity index (χ0n) is 12.7. The molecule has 6 heteroatoms. The van der Waals surface area contributed by atoms with E-state index in [0.29, 0.717) is 11.4 Å². The molecule has 2 aromatic carbocycles. The second-order valence-electron chi connectivity index (χ2n) is 5.13. The van der Waals surface area contributed by atoms with Crippen LogP contribution in [0.15, 0.2) is 51.4 Å². The van der Waals surface area contributed by atoms with Crippen LogP contribution in [0.4, 0.5) is 5.69 Å². The first kappa shape index (κ1) is 18.0. The highest BCUT2D eigenvalue weighted by molar-refractivity contribution is 9.11. The maximum absolute atomic E-state index is 12.3. The second kappa shape index (κ2) is 7.95. The molecule has 122 valence electrons. The van der Waals surface area contributed by atoms with Crippen LogP contribution >= 0.6 is 31.9 Å². The molecule has 23 heavy (non-hydrogen) atoms. The minimum absolute atomic E-state index is 0.262. The Hall–Kier alpha value is -1.37. The summed E-state index contributed by atoms with van der Waals surface area (Å²) in [4.78, 5) is 12.3. The predicted molar refractivity (Wildman–Crippen MR) is 97.6 cm³/mol. The van der Waals surface area contributed by atoms with Gasteiger partial charge in [-0.2, -0.15) is 0 Å². The molecule has 0 heterocycles. The van der Waals surface area contributed by atoms with Crippen LogP contribution in [-0.2, 0) is 4.79 Å². The van der Waals surface area contributed by atoms with Crippen LogP contribution in [0, 0.1) is 0 Å². The number of aliphatic hydroxyl groups excluding tert-OH is 1. The number of aliphatic hydroxyl groups is 1. The van der Waals surface area contributed by atoms with Crippen LogP contribution in [-0.4, -0.2) is 17.1 Å². The number of ether oxygens (including phenoxy) is 1. The summed E-state index contributed by atoms with van der Waals surface area (Å²) in [6.07, 6.45) is -1.25. The van der Waals surface area contributed by atoms with Gasteiger partial charge in [0.1, 0.15) is 5.75 Å². The van der Waals surface area contributed by atoms with Gasteiger partial charge in [0.2, 0.25) is 0 Å². The molecule has 2 rings (SSSR count). The standard InChI is InChI=1S/C17H17Br2NO3/c1-10(21)12-4-3-5-14(8-12)20-17(22)11(2)23-16-7-6-13(18)9-15(16)19/h3-11,21H,1-2H3,(H,20,22). The highest BCUT2D eigenvalue weighted by atomic mass is 79.9. The molecule has 0 saturated carbocycles. The molecule has 2 atom stereocenters. The zero-order valence-corrected chi connectivity index (χ0v) is 15.9. The predicted octanol–water partition coefficient (Wildman–Crippen LogP) is 4.67. The Morgan fingerprint density at radius 1 is 1.17 bits per heavy atom. The number of amides is 1. The van der Waals surface area contributed by atoms with Gasteiger partial charge < -0.3 is 15.2 Å². The van der Waals surface area contributed by atoms with E-state index < -0.39 is 12.2 Å². The van der Waals surface area contributed by atoms with Crippen molar-refractivity contribution in [3.63, 3.8) is 0 Å². The quantitative estimate of drug-likeness (QED) is 0.707. The van der Waals surface area contributed by atoms with E-state index in [9.17, 15) is 9.90 Å². The minimum Gasteiger partial charge on any atom is -0.480 e. The SMILES string of the molecule is CC(Oc1ccc(Br)cc1Br)C(=O)Nc1cccc(C(C)O)c1. The Labute approximate surface area is 152 Å². The van der Waals surface area contributed by atoms with E-state index in [4.69, 9.17) is 4.74 Å². The van der Waals surface area contributed by atoms with Crippen molar-refractivity contribution in [1.29, 1.82) is 0 Å². The molecule has 0 aliphatic rings. The Bertz CT molecular complexity index is 704. The fourth-order valence-corrected chi connectivity index (χ4v) is 3.08. The second-order valence-corrected chi connectivity index (χ2v) is 6.90. The van der Waals surface area contributed by atoms with Crippen molar-refractivity contribution in [1.82, 2.24) is 0 Å². The molecule has 0 aliphatic heterocycles. The highest BCUT2D eigenvalue weighted by Gasteiger charge is 2.16. The number of halogens is 2. The molecular formula is C17H17Br2NO3. The highest BCUT2D eigenvalue weighted by Crippen LogP contribution is 2.29. The van der Waals surface area contributed by atoms with E-state index in [1.165, 1.54) is 0 Å². The van der Waals surface area contributed by atoms with Gasteiger partial charge in [-0.05, 0) is 65.7 Å². The Balaban J connectivity index is 2.04. The minimum atomic E-state index is -0.664. The first-order chi connectivity index (χ1) is 10.9. The third-order valence-corrected chi connectivity index (χ3v) is 4.32. The number of benzene rings is 2. The van der Waals surface area contributed by atoms with Gasteiger partial charge in [-0.3, -0.25) is 4.79 Å². The van der Waals surface area contributed by atoms with Crippen LogP contribution in [0.1, 0.15) is 25.5 Å². The van der Waals surface area contributed by atoms with Gasteiger partial charge >= 0.3 is 0 Å². The molecular weight excluding hydrogens is 426 g/mol. The number of anilines is 1. The van der Waals surface area contributed by atoms with E-state index >= 15 is 0 Å². The van der Waals surface area contributed by atoms with Crippen molar-refractivity contribution in [3.8, 4) is 5.75 Å². The van der Waals surface area contributed by atoms with E-state index in [0.717, 1.165) is 14.5 Å². The van der Waals surface area contributed by atoms with Gasteiger partial charge in [-0.25, -0.2) is 0 Å². The first-order valence-electron chi connectivity index (χ1n) is 7.07. The number of rotatable bonds is 5. The van der Waals surface area contributed by atoms with Gasteiger partial charge in [0, 0.05) is 10.2 Å². The summed E-state index contributed by atoms with van der Waals surface area (Å²) in [5.74, 6) is 0.330. The molecule has 2 unspecified atom stereocenters. The van der Waals surface area contributed by atoms with Gasteiger partial charge in [0.15, 0.2) is 6.10 Å². The number of carbonyl (C=O) groups excluding carboxylic acids is 1. The molecule has 0 fully saturated rings. The van der Waals surface area contributed by atoms with Crippen LogP contribution < -0.4 is 10.1 Å². The molecule has 2 aromatic rings. The largest absolute Gasteiger partial charge is 0.480 e. The summed E-state index contributed by atoms with van der Waals surface area (Å²) in [5.41, 5.74) is 1.37. The van der Waals surface area contributed by atoms with Crippen LogP contribution in [0.5, 0.6) is 5.75 Å². The van der Waals surface area contributed by atoms with Gasteiger partial charge in [-0.1, -0.05) is 28.1 Å². The van der Waals surface area contributed by atoms with Gasteiger partial charge in [0.05, 0.1) is 10.6 Å². The smallest absolute Gasteiger partial charge is 0.265 e. The average molecular weight is 443 g/mol. The lowest BCUT2D eigenvalue weighted by Gasteiger charge is -2.16. The average Bonchev–Trinajstić information content (AvgIpc) is 2.50. The van der Waals surface area contributed by atoms with Crippen molar-refractivity contribution in [2.24, 2.45) is 0 Å². The monoisotopic (exact) mass is 441 g/mol. The van der Waals surface area contributed by atoms with Crippen LogP contribution in [0.2, 0.25) is 0 Å². The summed E-state index contributed by atoms with van der Waals surface area (Å²) in [6.45, 7) is 3.36. The molecule has 2 N–H and O–H groups in total. The van der Waals surface area contributed by atoms with E-state index in [2.05, 4.69) is 37.2 Å². The van der Waals surface area contributed by atoms with E-state index in [1.807, 2.05) is 12.1 Å².